The molecule has 0 amide bonds. The molecule has 0 fully saturated rings. The topological polar surface area (TPSA) is 33.0 Å². The van der Waals surface area contributed by atoms with Gasteiger partial charge >= 0.3 is 0 Å². The van der Waals surface area contributed by atoms with Crippen molar-refractivity contribution in [2.45, 2.75) is 12.3 Å². The van der Waals surface area contributed by atoms with Gasteiger partial charge in [-0.3, -0.25) is 0 Å². The Morgan fingerprint density at radius 1 is 1.11 bits per heavy atom. The summed E-state index contributed by atoms with van der Waals surface area (Å²) in [6, 6.07) is 18.0. The lowest BCUT2D eigenvalue weighted by atomic mass is 9.78. The molecule has 0 bridgehead atoms. The zero-order chi connectivity index (χ0) is 12.4. The van der Waals surface area contributed by atoms with Gasteiger partial charge in [0.2, 0.25) is 0 Å². The van der Waals surface area contributed by atoms with Crippen molar-refractivity contribution in [2.24, 2.45) is 0 Å². The van der Waals surface area contributed by atoms with Crippen LogP contribution in [0.4, 0.5) is 0 Å². The van der Waals surface area contributed by atoms with Gasteiger partial charge in [-0.25, -0.2) is 0 Å². The first-order chi connectivity index (χ1) is 8.88. The molecule has 1 unspecified atom stereocenters. The lowest BCUT2D eigenvalue weighted by Crippen LogP contribution is -2.23. The van der Waals surface area contributed by atoms with E-state index in [1.807, 2.05) is 18.2 Å². The second-order valence-corrected chi connectivity index (χ2v) is 4.52. The fraction of sp³-hybridized carbons (Fsp3) is 0.188. The Morgan fingerprint density at radius 2 is 1.89 bits per heavy atom. The molecule has 0 spiro atoms. The Kier molecular flexibility index (Phi) is 2.74. The number of para-hydroxylation sites is 1. The van der Waals surface area contributed by atoms with Crippen LogP contribution in [0.5, 0.6) is 5.75 Å². The lowest BCUT2D eigenvalue weighted by molar-refractivity contribution is 0.274. The summed E-state index contributed by atoms with van der Waals surface area (Å²) in [5, 5.41) is 8.98. The van der Waals surface area contributed by atoms with E-state index < -0.39 is 0 Å². The van der Waals surface area contributed by atoms with Gasteiger partial charge in [0.25, 0.3) is 0 Å². The Hall–Kier alpha value is -2.27. The Labute approximate surface area is 106 Å². The van der Waals surface area contributed by atoms with Crippen molar-refractivity contribution < 1.29 is 4.74 Å². The molecule has 1 aliphatic carbocycles. The maximum absolute atomic E-state index is 8.98. The van der Waals surface area contributed by atoms with E-state index in [1.54, 1.807) is 6.07 Å². The fourth-order valence-corrected chi connectivity index (χ4v) is 2.39. The number of benzene rings is 2. The Bertz CT molecular complexity index is 612. The summed E-state index contributed by atoms with van der Waals surface area (Å²) >= 11 is 0. The van der Waals surface area contributed by atoms with Crippen LogP contribution in [-0.2, 0) is 6.42 Å². The van der Waals surface area contributed by atoms with Crippen molar-refractivity contribution in [1.82, 2.24) is 0 Å². The molecule has 3 rings (SSSR count). The largest absolute Gasteiger partial charge is 0.492 e. The molecule has 0 radical (unpaired) electrons. The molecule has 0 aromatic heterocycles. The maximum atomic E-state index is 8.98. The number of hydrogen-bond donors (Lipinski definition) is 0. The smallest absolute Gasteiger partial charge is 0.137 e. The van der Waals surface area contributed by atoms with Gasteiger partial charge in [-0.05, 0) is 29.7 Å². The van der Waals surface area contributed by atoms with Gasteiger partial charge in [-0.1, -0.05) is 36.4 Å². The number of nitriles is 1. The molecule has 2 aromatic carbocycles. The van der Waals surface area contributed by atoms with Crippen LogP contribution in [0, 0.1) is 11.3 Å². The van der Waals surface area contributed by atoms with Crippen LogP contribution in [0.2, 0.25) is 0 Å². The van der Waals surface area contributed by atoms with Crippen LogP contribution < -0.4 is 4.74 Å². The van der Waals surface area contributed by atoms with E-state index in [1.165, 1.54) is 11.1 Å². The second kappa shape index (κ2) is 4.54. The molecule has 0 N–H and O–H groups in total. The molecular formula is C16H13NO. The summed E-state index contributed by atoms with van der Waals surface area (Å²) in [5.74, 6) is 1.15. The molecule has 1 aliphatic rings. The van der Waals surface area contributed by atoms with E-state index in [-0.39, 0.29) is 0 Å². The average Bonchev–Trinajstić information content (AvgIpc) is 2.40. The zero-order valence-electron chi connectivity index (χ0n) is 9.97. The molecule has 88 valence electrons. The highest BCUT2D eigenvalue weighted by Crippen LogP contribution is 2.35. The first-order valence-electron chi connectivity index (χ1n) is 6.08. The fourth-order valence-electron chi connectivity index (χ4n) is 2.39. The van der Waals surface area contributed by atoms with Crippen LogP contribution in [0.1, 0.15) is 22.6 Å². The summed E-state index contributed by atoms with van der Waals surface area (Å²) in [6.45, 7) is 0.649. The summed E-state index contributed by atoms with van der Waals surface area (Å²) in [5.41, 5.74) is 3.40. The van der Waals surface area contributed by atoms with E-state index in [9.17, 15) is 0 Å². The maximum Gasteiger partial charge on any atom is 0.137 e. The first-order valence-corrected chi connectivity index (χ1v) is 6.08. The summed E-state index contributed by atoms with van der Waals surface area (Å²) in [6.07, 6.45) is 1.07. The monoisotopic (exact) mass is 235 g/mol. The molecular weight excluding hydrogens is 222 g/mol. The van der Waals surface area contributed by atoms with Crippen molar-refractivity contribution in [3.8, 4) is 11.8 Å². The number of hydrogen-bond acceptors (Lipinski definition) is 2. The van der Waals surface area contributed by atoms with Crippen LogP contribution in [-0.4, -0.2) is 6.61 Å². The number of ether oxygens (including phenoxy) is 1. The van der Waals surface area contributed by atoms with Gasteiger partial charge in [0, 0.05) is 5.92 Å². The summed E-state index contributed by atoms with van der Waals surface area (Å²) in [7, 11) is 0. The van der Waals surface area contributed by atoms with E-state index >= 15 is 0 Å². The molecule has 18 heavy (non-hydrogen) atoms. The summed E-state index contributed by atoms with van der Waals surface area (Å²) < 4.78 is 5.77. The highest BCUT2D eigenvalue weighted by molar-refractivity contribution is 5.43. The van der Waals surface area contributed by atoms with E-state index in [0.29, 0.717) is 23.8 Å². The second-order valence-electron chi connectivity index (χ2n) is 4.52. The van der Waals surface area contributed by atoms with Gasteiger partial charge in [0.05, 0.1) is 12.2 Å². The molecule has 2 heteroatoms. The Morgan fingerprint density at radius 3 is 2.72 bits per heavy atom. The van der Waals surface area contributed by atoms with Crippen LogP contribution in [0.25, 0.3) is 0 Å². The molecule has 0 saturated carbocycles. The zero-order valence-corrected chi connectivity index (χ0v) is 9.97. The minimum absolute atomic E-state index is 0.466. The minimum atomic E-state index is 0.466. The summed E-state index contributed by atoms with van der Waals surface area (Å²) in [4.78, 5) is 0. The molecule has 0 saturated heterocycles. The molecule has 2 aromatic rings. The predicted molar refractivity (Wildman–Crippen MR) is 69.5 cm³/mol. The van der Waals surface area contributed by atoms with Gasteiger partial charge in [0.1, 0.15) is 11.8 Å². The van der Waals surface area contributed by atoms with E-state index in [0.717, 1.165) is 6.42 Å². The van der Waals surface area contributed by atoms with Gasteiger partial charge < -0.3 is 4.74 Å². The quantitative estimate of drug-likeness (QED) is 0.818. The third-order valence-electron chi connectivity index (χ3n) is 3.41. The standard InChI is InChI=1S/C16H13NO/c17-10-13-6-2-4-8-16(13)18-11-14-9-12-5-1-3-7-15(12)14/h1-8,14H,9,11H2. The third kappa shape index (κ3) is 1.84. The minimum Gasteiger partial charge on any atom is -0.492 e. The SMILES string of the molecule is N#Cc1ccccc1OCC1Cc2ccccc21. The number of nitrogens with zero attached hydrogens (tertiary/aromatic N) is 1. The molecule has 1 atom stereocenters. The normalized spacial score (nSPS) is 16.3. The highest BCUT2D eigenvalue weighted by Gasteiger charge is 2.25. The highest BCUT2D eigenvalue weighted by atomic mass is 16.5. The van der Waals surface area contributed by atoms with Crippen molar-refractivity contribution >= 4 is 0 Å². The van der Waals surface area contributed by atoms with E-state index in [2.05, 4.69) is 30.3 Å². The van der Waals surface area contributed by atoms with Crippen molar-refractivity contribution in [1.29, 1.82) is 5.26 Å². The number of rotatable bonds is 3. The Balaban J connectivity index is 1.69. The third-order valence-corrected chi connectivity index (χ3v) is 3.41. The van der Waals surface area contributed by atoms with Crippen molar-refractivity contribution in [3.63, 3.8) is 0 Å². The molecule has 0 aliphatic heterocycles. The van der Waals surface area contributed by atoms with Crippen molar-refractivity contribution in [2.75, 3.05) is 6.61 Å². The van der Waals surface area contributed by atoms with Crippen LogP contribution in [0.3, 0.4) is 0 Å². The van der Waals surface area contributed by atoms with Crippen LogP contribution in [0.15, 0.2) is 48.5 Å². The van der Waals surface area contributed by atoms with Crippen molar-refractivity contribution in [3.05, 3.63) is 65.2 Å². The first kappa shape index (κ1) is 10.9. The predicted octanol–water partition coefficient (Wildman–Crippen LogP) is 3.28. The van der Waals surface area contributed by atoms with Gasteiger partial charge in [-0.2, -0.15) is 5.26 Å². The van der Waals surface area contributed by atoms with Crippen LogP contribution >= 0.6 is 0 Å². The average molecular weight is 235 g/mol. The number of fused-ring (bicyclic) bond motifs is 1. The van der Waals surface area contributed by atoms with Gasteiger partial charge in [-0.15, -0.1) is 0 Å². The molecule has 2 nitrogen and oxygen atoms in total. The van der Waals surface area contributed by atoms with E-state index in [4.69, 9.17) is 10.00 Å². The van der Waals surface area contributed by atoms with Gasteiger partial charge in [0.15, 0.2) is 0 Å². The lowest BCUT2D eigenvalue weighted by Gasteiger charge is -2.29. The molecule has 0 heterocycles.